The second-order valence-electron chi connectivity index (χ2n) is 12.0. The van der Waals surface area contributed by atoms with E-state index in [1.807, 2.05) is 60.7 Å². The number of hydrogen-bond donors (Lipinski definition) is 0. The van der Waals surface area contributed by atoms with Crippen LogP contribution < -0.4 is 0 Å². The molecular weight excluding hydrogens is 590 g/mol. The average molecular weight is 616 g/mol. The number of benzene rings is 7. The van der Waals surface area contributed by atoms with Gasteiger partial charge in [0, 0.05) is 32.7 Å². The summed E-state index contributed by atoms with van der Waals surface area (Å²) in [7, 11) is 0. The fourth-order valence-electron chi connectivity index (χ4n) is 6.88. The van der Waals surface area contributed by atoms with Crippen LogP contribution in [-0.4, -0.2) is 15.0 Å². The zero-order chi connectivity index (χ0) is 31.6. The Morgan fingerprint density at radius 2 is 0.854 bits per heavy atom. The van der Waals surface area contributed by atoms with Crippen molar-refractivity contribution in [2.75, 3.05) is 0 Å². The minimum atomic E-state index is 0.549. The summed E-state index contributed by atoms with van der Waals surface area (Å²) in [5.74, 6) is 1.75. The van der Waals surface area contributed by atoms with Crippen LogP contribution >= 0.6 is 0 Å². The van der Waals surface area contributed by atoms with E-state index in [-0.39, 0.29) is 0 Å². The molecule has 7 aromatic carbocycles. The lowest BCUT2D eigenvalue weighted by Crippen LogP contribution is -2.00. The Morgan fingerprint density at radius 3 is 1.60 bits per heavy atom. The van der Waals surface area contributed by atoms with Gasteiger partial charge in [0.05, 0.1) is 10.9 Å². The van der Waals surface area contributed by atoms with E-state index in [0.29, 0.717) is 17.5 Å². The van der Waals surface area contributed by atoms with Crippen molar-refractivity contribution in [3.63, 3.8) is 0 Å². The van der Waals surface area contributed by atoms with Crippen molar-refractivity contribution < 1.29 is 8.83 Å². The van der Waals surface area contributed by atoms with Gasteiger partial charge in [-0.1, -0.05) is 140 Å². The van der Waals surface area contributed by atoms with Gasteiger partial charge < -0.3 is 8.83 Å². The number of rotatable bonds is 4. The molecule has 10 rings (SSSR count). The topological polar surface area (TPSA) is 65.0 Å². The summed E-state index contributed by atoms with van der Waals surface area (Å²) < 4.78 is 13.4. The highest BCUT2D eigenvalue weighted by molar-refractivity contribution is 6.34. The van der Waals surface area contributed by atoms with E-state index in [9.17, 15) is 0 Å². The predicted octanol–water partition coefficient (Wildman–Crippen LogP) is 11.5. The maximum absolute atomic E-state index is 6.92. The molecule has 3 aromatic heterocycles. The Hall–Kier alpha value is -6.59. The van der Waals surface area contributed by atoms with E-state index in [1.54, 1.807) is 0 Å². The third kappa shape index (κ3) is 4.08. The van der Waals surface area contributed by atoms with Gasteiger partial charge in [0.1, 0.15) is 22.3 Å². The third-order valence-electron chi connectivity index (χ3n) is 9.14. The second kappa shape index (κ2) is 10.5. The largest absolute Gasteiger partial charge is 0.455 e. The van der Waals surface area contributed by atoms with Crippen molar-refractivity contribution in [2.24, 2.45) is 0 Å². The first-order chi connectivity index (χ1) is 23.8. The van der Waals surface area contributed by atoms with Crippen LogP contribution in [0, 0.1) is 0 Å². The molecule has 0 unspecified atom stereocenters. The van der Waals surface area contributed by atoms with Crippen molar-refractivity contribution in [1.82, 2.24) is 15.0 Å². The van der Waals surface area contributed by atoms with Crippen molar-refractivity contribution >= 4 is 54.6 Å². The molecule has 0 aliphatic heterocycles. The molecule has 224 valence electrons. The minimum Gasteiger partial charge on any atom is -0.455 e. The Bertz CT molecular complexity index is 2820. The molecule has 10 aromatic rings. The first kappa shape index (κ1) is 26.6. The van der Waals surface area contributed by atoms with Gasteiger partial charge in [0.25, 0.3) is 0 Å². The number of furan rings is 2. The van der Waals surface area contributed by atoms with Crippen LogP contribution in [0.15, 0.2) is 160 Å². The molecule has 5 nitrogen and oxygen atoms in total. The Balaban J connectivity index is 1.24. The maximum Gasteiger partial charge on any atom is 0.167 e. The Kier molecular flexibility index (Phi) is 5.81. The van der Waals surface area contributed by atoms with E-state index in [0.717, 1.165) is 82.5 Å². The molecule has 0 spiro atoms. The molecule has 5 heteroatoms. The Morgan fingerprint density at radius 1 is 0.312 bits per heavy atom. The monoisotopic (exact) mass is 615 g/mol. The van der Waals surface area contributed by atoms with Gasteiger partial charge in [-0.2, -0.15) is 0 Å². The molecule has 0 saturated carbocycles. The van der Waals surface area contributed by atoms with E-state index in [1.165, 1.54) is 0 Å². The Labute approximate surface area is 274 Å². The number of fused-ring (bicyclic) bond motifs is 10. The van der Waals surface area contributed by atoms with Gasteiger partial charge in [0.2, 0.25) is 0 Å². The molecule has 0 aliphatic carbocycles. The van der Waals surface area contributed by atoms with Crippen LogP contribution in [0.4, 0.5) is 0 Å². The molecule has 0 bridgehead atoms. The molecule has 3 heterocycles. The van der Waals surface area contributed by atoms with Crippen LogP contribution in [0.3, 0.4) is 0 Å². The lowest BCUT2D eigenvalue weighted by Gasteiger charge is -2.09. The van der Waals surface area contributed by atoms with Crippen molar-refractivity contribution in [2.45, 2.75) is 0 Å². The highest BCUT2D eigenvalue weighted by atomic mass is 16.3. The summed E-state index contributed by atoms with van der Waals surface area (Å²) in [5.41, 5.74) is 8.10. The summed E-state index contributed by atoms with van der Waals surface area (Å²) in [5, 5.41) is 6.18. The SMILES string of the molecule is c1ccc(-c2ccc(-c3nc(-c4ccccc4)nc(-c4cccc5c4oc4c5c5ccccc5c5oc6ccccc6c54)n3)cc2)cc1. The van der Waals surface area contributed by atoms with E-state index < -0.39 is 0 Å². The molecule has 0 radical (unpaired) electrons. The van der Waals surface area contributed by atoms with Crippen LogP contribution in [-0.2, 0) is 0 Å². The molecule has 48 heavy (non-hydrogen) atoms. The highest BCUT2D eigenvalue weighted by Gasteiger charge is 2.23. The molecule has 0 atom stereocenters. The van der Waals surface area contributed by atoms with Gasteiger partial charge >= 0.3 is 0 Å². The zero-order valence-electron chi connectivity index (χ0n) is 25.6. The summed E-state index contributed by atoms with van der Waals surface area (Å²) >= 11 is 0. The van der Waals surface area contributed by atoms with Gasteiger partial charge in [-0.25, -0.2) is 15.0 Å². The van der Waals surface area contributed by atoms with Gasteiger partial charge in [-0.05, 0) is 28.6 Å². The summed E-state index contributed by atoms with van der Waals surface area (Å²) in [6.45, 7) is 0. The third-order valence-corrected chi connectivity index (χ3v) is 9.14. The smallest absolute Gasteiger partial charge is 0.167 e. The van der Waals surface area contributed by atoms with Crippen LogP contribution in [0.2, 0.25) is 0 Å². The summed E-state index contributed by atoms with van der Waals surface area (Å²) in [6, 6.07) is 51.5. The van der Waals surface area contributed by atoms with Gasteiger partial charge in [0.15, 0.2) is 17.5 Å². The highest BCUT2D eigenvalue weighted by Crippen LogP contribution is 2.46. The fraction of sp³-hybridized carbons (Fsp3) is 0. The maximum atomic E-state index is 6.92. The summed E-state index contributed by atoms with van der Waals surface area (Å²) in [4.78, 5) is 15.1. The first-order valence-electron chi connectivity index (χ1n) is 15.9. The van der Waals surface area contributed by atoms with Crippen LogP contribution in [0.25, 0.3) is 99.9 Å². The molecule has 0 amide bonds. The van der Waals surface area contributed by atoms with Crippen LogP contribution in [0.1, 0.15) is 0 Å². The first-order valence-corrected chi connectivity index (χ1v) is 15.9. The molecule has 0 saturated heterocycles. The second-order valence-corrected chi connectivity index (χ2v) is 12.0. The lowest BCUT2D eigenvalue weighted by molar-refractivity contribution is 0.665. The average Bonchev–Trinajstić information content (AvgIpc) is 3.75. The molecule has 0 aliphatic rings. The fourth-order valence-corrected chi connectivity index (χ4v) is 6.88. The van der Waals surface area contributed by atoms with Gasteiger partial charge in [-0.3, -0.25) is 0 Å². The van der Waals surface area contributed by atoms with Crippen molar-refractivity contribution in [3.05, 3.63) is 152 Å². The van der Waals surface area contributed by atoms with E-state index >= 15 is 0 Å². The number of aromatic nitrogens is 3. The molecule has 0 fully saturated rings. The van der Waals surface area contributed by atoms with E-state index in [4.69, 9.17) is 23.8 Å². The lowest BCUT2D eigenvalue weighted by atomic mass is 9.99. The predicted molar refractivity (Wildman–Crippen MR) is 194 cm³/mol. The zero-order valence-corrected chi connectivity index (χ0v) is 25.6. The van der Waals surface area contributed by atoms with E-state index in [2.05, 4.69) is 91.0 Å². The molecular formula is C43H25N3O2. The van der Waals surface area contributed by atoms with Gasteiger partial charge in [-0.15, -0.1) is 0 Å². The normalized spacial score (nSPS) is 11.8. The number of para-hydroxylation sites is 2. The number of nitrogens with zero attached hydrogens (tertiary/aromatic N) is 3. The van der Waals surface area contributed by atoms with Crippen molar-refractivity contribution in [3.8, 4) is 45.3 Å². The minimum absolute atomic E-state index is 0.549. The quantitative estimate of drug-likeness (QED) is 0.197. The van der Waals surface area contributed by atoms with Crippen LogP contribution in [0.5, 0.6) is 0 Å². The molecule has 0 N–H and O–H groups in total. The standard InChI is InChI=1S/C43H25N3O2/c1-3-12-26(13-4-1)27-22-24-29(25-23-27)42-44-41(28-14-5-2-6-15-28)45-43(46-42)34-20-11-19-33-36-30-16-7-8-17-31(30)39-37(40(36)48-38(33)34)32-18-9-10-21-35(32)47-39/h1-25H. The summed E-state index contributed by atoms with van der Waals surface area (Å²) in [6.07, 6.45) is 0. The van der Waals surface area contributed by atoms with Crippen molar-refractivity contribution in [1.29, 1.82) is 0 Å². The number of hydrogen-bond acceptors (Lipinski definition) is 5.